The van der Waals surface area contributed by atoms with Crippen LogP contribution in [-0.4, -0.2) is 25.3 Å². The maximum absolute atomic E-state index is 12.8. The lowest BCUT2D eigenvalue weighted by atomic mass is 10.1. The number of para-hydroxylation sites is 1. The van der Waals surface area contributed by atoms with Crippen LogP contribution >= 0.6 is 0 Å². The van der Waals surface area contributed by atoms with E-state index < -0.39 is 10.0 Å². The van der Waals surface area contributed by atoms with Gasteiger partial charge in [0.1, 0.15) is 0 Å². The third-order valence-electron chi connectivity index (χ3n) is 3.65. The molecular weight excluding hydrogens is 284 g/mol. The van der Waals surface area contributed by atoms with Crippen LogP contribution < -0.4 is 5.73 Å². The van der Waals surface area contributed by atoms with E-state index in [2.05, 4.69) is 0 Å². The van der Waals surface area contributed by atoms with E-state index in [9.17, 15) is 8.42 Å². The maximum Gasteiger partial charge on any atom is 0.218 e. The van der Waals surface area contributed by atoms with Gasteiger partial charge in [0.05, 0.1) is 5.75 Å². The van der Waals surface area contributed by atoms with E-state index in [-0.39, 0.29) is 11.8 Å². The zero-order chi connectivity index (χ0) is 16.0. The second-order valence-corrected chi connectivity index (χ2v) is 7.81. The number of benzene rings is 1. The average Bonchev–Trinajstić information content (AvgIpc) is 2.41. The minimum Gasteiger partial charge on any atom is -0.398 e. The van der Waals surface area contributed by atoms with E-state index in [0.29, 0.717) is 23.7 Å². The van der Waals surface area contributed by atoms with Crippen molar-refractivity contribution >= 4 is 15.7 Å². The monoisotopic (exact) mass is 312 g/mol. The third-order valence-corrected chi connectivity index (χ3v) is 5.48. The summed E-state index contributed by atoms with van der Waals surface area (Å²) in [6.45, 7) is 8.72. The van der Waals surface area contributed by atoms with Gasteiger partial charge in [-0.15, -0.1) is 0 Å². The molecule has 1 aromatic carbocycles. The van der Waals surface area contributed by atoms with Crippen molar-refractivity contribution < 1.29 is 8.42 Å². The highest BCUT2D eigenvalue weighted by atomic mass is 32.2. The van der Waals surface area contributed by atoms with Gasteiger partial charge in [-0.3, -0.25) is 0 Å². The molecule has 1 rings (SSSR count). The quantitative estimate of drug-likeness (QED) is 0.749. The number of hydrogen-bond acceptors (Lipinski definition) is 3. The smallest absolute Gasteiger partial charge is 0.218 e. The molecule has 5 heteroatoms. The summed E-state index contributed by atoms with van der Waals surface area (Å²) in [5.74, 6) is 0.275. The number of hydrogen-bond donors (Lipinski definition) is 1. The first kappa shape index (κ1) is 18.0. The molecule has 0 heterocycles. The second kappa shape index (κ2) is 7.80. The summed E-state index contributed by atoms with van der Waals surface area (Å²) in [5, 5.41) is 0. The normalized spacial score (nSPS) is 12.5. The van der Waals surface area contributed by atoms with Gasteiger partial charge in [-0.05, 0) is 30.4 Å². The highest BCUT2D eigenvalue weighted by Crippen LogP contribution is 2.22. The van der Waals surface area contributed by atoms with Gasteiger partial charge in [-0.25, -0.2) is 8.42 Å². The lowest BCUT2D eigenvalue weighted by Crippen LogP contribution is -2.42. The third kappa shape index (κ3) is 5.00. The minimum absolute atomic E-state index is 0.0249. The Bertz CT molecular complexity index is 537. The van der Waals surface area contributed by atoms with Crippen LogP contribution in [0.5, 0.6) is 0 Å². The van der Waals surface area contributed by atoms with Crippen molar-refractivity contribution in [3.8, 4) is 0 Å². The van der Waals surface area contributed by atoms with Crippen molar-refractivity contribution in [2.24, 2.45) is 5.92 Å². The summed E-state index contributed by atoms with van der Waals surface area (Å²) in [6, 6.07) is 7.23. The Labute approximate surface area is 129 Å². The van der Waals surface area contributed by atoms with Gasteiger partial charge in [0, 0.05) is 18.3 Å². The molecule has 0 spiro atoms. The van der Waals surface area contributed by atoms with Crippen molar-refractivity contribution in [3.05, 3.63) is 29.8 Å². The van der Waals surface area contributed by atoms with Gasteiger partial charge in [0.2, 0.25) is 10.0 Å². The van der Waals surface area contributed by atoms with Gasteiger partial charge >= 0.3 is 0 Å². The number of sulfonamides is 1. The van der Waals surface area contributed by atoms with E-state index in [4.69, 9.17) is 5.73 Å². The van der Waals surface area contributed by atoms with E-state index in [1.807, 2.05) is 39.8 Å². The molecule has 0 aliphatic heterocycles. The Kier molecular flexibility index (Phi) is 6.68. The molecule has 0 bridgehead atoms. The van der Waals surface area contributed by atoms with Crippen molar-refractivity contribution in [1.82, 2.24) is 4.31 Å². The lowest BCUT2D eigenvalue weighted by molar-refractivity contribution is 0.276. The number of anilines is 1. The Hall–Kier alpha value is -1.07. The van der Waals surface area contributed by atoms with E-state index in [1.54, 1.807) is 16.4 Å². The number of rotatable bonds is 8. The van der Waals surface area contributed by atoms with Crippen molar-refractivity contribution in [3.63, 3.8) is 0 Å². The molecular formula is C16H28N2O2S. The highest BCUT2D eigenvalue weighted by Gasteiger charge is 2.29. The van der Waals surface area contributed by atoms with Gasteiger partial charge in [0.15, 0.2) is 0 Å². The van der Waals surface area contributed by atoms with Crippen LogP contribution in [0, 0.1) is 5.92 Å². The maximum atomic E-state index is 12.8. The molecule has 2 N–H and O–H groups in total. The number of nitrogens with two attached hydrogens (primary N) is 1. The van der Waals surface area contributed by atoms with E-state index >= 15 is 0 Å². The summed E-state index contributed by atoms with van der Waals surface area (Å²) >= 11 is 0. The second-order valence-electron chi connectivity index (χ2n) is 5.89. The number of nitrogens with zero attached hydrogens (tertiary/aromatic N) is 1. The molecule has 0 radical (unpaired) electrons. The predicted molar refractivity (Wildman–Crippen MR) is 89.4 cm³/mol. The summed E-state index contributed by atoms with van der Waals surface area (Å²) in [5.41, 5.74) is 7.10. The van der Waals surface area contributed by atoms with E-state index in [0.717, 1.165) is 12.8 Å². The van der Waals surface area contributed by atoms with Gasteiger partial charge < -0.3 is 5.73 Å². The van der Waals surface area contributed by atoms with Crippen LogP contribution in [-0.2, 0) is 15.8 Å². The predicted octanol–water partition coefficient (Wildman–Crippen LogP) is 3.25. The molecule has 21 heavy (non-hydrogen) atoms. The Morgan fingerprint density at radius 3 is 2.19 bits per heavy atom. The fourth-order valence-corrected chi connectivity index (χ4v) is 4.59. The molecule has 0 unspecified atom stereocenters. The molecule has 120 valence electrons. The zero-order valence-corrected chi connectivity index (χ0v) is 14.4. The first-order valence-corrected chi connectivity index (χ1v) is 9.25. The van der Waals surface area contributed by atoms with Gasteiger partial charge in [-0.1, -0.05) is 45.9 Å². The summed E-state index contributed by atoms with van der Waals surface area (Å²) < 4.78 is 27.3. The van der Waals surface area contributed by atoms with Crippen LogP contribution in [0.3, 0.4) is 0 Å². The molecule has 0 atom stereocenters. The Morgan fingerprint density at radius 2 is 1.71 bits per heavy atom. The largest absolute Gasteiger partial charge is 0.398 e. The Balaban J connectivity index is 3.07. The molecule has 0 fully saturated rings. The Morgan fingerprint density at radius 1 is 1.14 bits per heavy atom. The van der Waals surface area contributed by atoms with Crippen LogP contribution in [0.2, 0.25) is 0 Å². The lowest BCUT2D eigenvalue weighted by Gasteiger charge is -2.31. The van der Waals surface area contributed by atoms with Crippen LogP contribution in [0.1, 0.15) is 46.1 Å². The minimum atomic E-state index is -3.36. The standard InChI is InChI=1S/C16H28N2O2S/c1-5-15(6-2)18(11-13(3)4)21(19,20)12-14-9-7-8-10-16(14)17/h7-10,13,15H,5-6,11-12,17H2,1-4H3. The molecule has 0 aliphatic rings. The topological polar surface area (TPSA) is 63.4 Å². The van der Waals surface area contributed by atoms with Crippen LogP contribution in [0.15, 0.2) is 24.3 Å². The van der Waals surface area contributed by atoms with E-state index in [1.165, 1.54) is 0 Å². The SMILES string of the molecule is CCC(CC)N(CC(C)C)S(=O)(=O)Cc1ccccc1N. The first-order chi connectivity index (χ1) is 9.81. The molecule has 0 saturated carbocycles. The molecule has 0 aliphatic carbocycles. The number of nitrogen functional groups attached to an aromatic ring is 1. The first-order valence-electron chi connectivity index (χ1n) is 7.64. The van der Waals surface area contributed by atoms with Crippen molar-refractivity contribution in [1.29, 1.82) is 0 Å². The zero-order valence-electron chi connectivity index (χ0n) is 13.5. The fraction of sp³-hybridized carbons (Fsp3) is 0.625. The molecule has 0 amide bonds. The molecule has 0 saturated heterocycles. The van der Waals surface area contributed by atoms with Crippen LogP contribution in [0.25, 0.3) is 0 Å². The van der Waals surface area contributed by atoms with Crippen LogP contribution in [0.4, 0.5) is 5.69 Å². The van der Waals surface area contributed by atoms with Crippen molar-refractivity contribution in [2.45, 2.75) is 52.3 Å². The summed E-state index contributed by atoms with van der Waals surface area (Å²) in [6.07, 6.45) is 1.65. The summed E-state index contributed by atoms with van der Waals surface area (Å²) in [4.78, 5) is 0. The molecule has 1 aromatic rings. The fourth-order valence-electron chi connectivity index (χ4n) is 2.49. The van der Waals surface area contributed by atoms with Gasteiger partial charge in [0.25, 0.3) is 0 Å². The molecule has 0 aromatic heterocycles. The highest BCUT2D eigenvalue weighted by molar-refractivity contribution is 7.88. The van der Waals surface area contributed by atoms with Crippen molar-refractivity contribution in [2.75, 3.05) is 12.3 Å². The molecule has 4 nitrogen and oxygen atoms in total. The average molecular weight is 312 g/mol. The van der Waals surface area contributed by atoms with Gasteiger partial charge in [-0.2, -0.15) is 4.31 Å². The summed E-state index contributed by atoms with van der Waals surface area (Å²) in [7, 11) is -3.36.